The first-order valence-electron chi connectivity index (χ1n) is 5.86. The molecule has 1 aliphatic rings. The lowest BCUT2D eigenvalue weighted by molar-refractivity contribution is -0.0754. The van der Waals surface area contributed by atoms with E-state index in [1.165, 1.54) is 32.1 Å². The van der Waals surface area contributed by atoms with E-state index in [9.17, 15) is 0 Å². The van der Waals surface area contributed by atoms with Crippen LogP contribution in [-0.2, 0) is 9.47 Å². The summed E-state index contributed by atoms with van der Waals surface area (Å²) >= 11 is 2.54. The highest BCUT2D eigenvalue weighted by molar-refractivity contribution is 14.1. The van der Waals surface area contributed by atoms with Crippen LogP contribution in [-0.4, -0.2) is 29.3 Å². The van der Waals surface area contributed by atoms with Crippen molar-refractivity contribution in [2.24, 2.45) is 0 Å². The van der Waals surface area contributed by atoms with Crippen LogP contribution in [0.15, 0.2) is 0 Å². The molecule has 0 amide bonds. The van der Waals surface area contributed by atoms with Crippen molar-refractivity contribution in [1.82, 2.24) is 0 Å². The summed E-state index contributed by atoms with van der Waals surface area (Å²) in [4.78, 5) is 0. The maximum atomic E-state index is 6.00. The van der Waals surface area contributed by atoms with Crippen LogP contribution < -0.4 is 0 Å². The molecule has 90 valence electrons. The Kier molecular flexibility index (Phi) is 5.85. The number of hydrogen-bond donors (Lipinski definition) is 0. The van der Waals surface area contributed by atoms with Crippen LogP contribution >= 0.6 is 22.6 Å². The molecule has 1 rings (SSSR count). The Morgan fingerprint density at radius 2 is 1.87 bits per heavy atom. The predicted molar refractivity (Wildman–Crippen MR) is 71.7 cm³/mol. The lowest BCUT2D eigenvalue weighted by atomic mass is 10.1. The van der Waals surface area contributed by atoms with E-state index in [0.717, 1.165) is 0 Å². The number of halogens is 1. The molecule has 3 heteroatoms. The van der Waals surface area contributed by atoms with Crippen LogP contribution in [0.5, 0.6) is 0 Å². The van der Waals surface area contributed by atoms with Crippen LogP contribution in [0.2, 0.25) is 0 Å². The fourth-order valence-corrected chi connectivity index (χ4v) is 2.79. The minimum Gasteiger partial charge on any atom is -0.376 e. The summed E-state index contributed by atoms with van der Waals surface area (Å²) < 4.78 is 12.0. The third-order valence-corrected chi connectivity index (χ3v) is 4.49. The zero-order chi connectivity index (χ0) is 11.3. The van der Waals surface area contributed by atoms with Gasteiger partial charge in [0.25, 0.3) is 0 Å². The highest BCUT2D eigenvalue weighted by Crippen LogP contribution is 2.27. The van der Waals surface area contributed by atoms with E-state index in [2.05, 4.69) is 36.4 Å². The molecule has 0 aliphatic heterocycles. The van der Waals surface area contributed by atoms with E-state index in [4.69, 9.17) is 9.47 Å². The summed E-state index contributed by atoms with van der Waals surface area (Å²) in [7, 11) is 1.75. The molecule has 0 N–H and O–H groups in total. The average molecular weight is 326 g/mol. The molecule has 2 nitrogen and oxygen atoms in total. The van der Waals surface area contributed by atoms with Crippen molar-refractivity contribution in [1.29, 1.82) is 0 Å². The lowest BCUT2D eigenvalue weighted by Gasteiger charge is -2.28. The van der Waals surface area contributed by atoms with Crippen molar-refractivity contribution in [2.45, 2.75) is 61.6 Å². The fraction of sp³-hybridized carbons (Fsp3) is 1.00. The lowest BCUT2D eigenvalue weighted by Crippen LogP contribution is -2.34. The Labute approximate surface area is 107 Å². The maximum absolute atomic E-state index is 6.00. The van der Waals surface area contributed by atoms with Gasteiger partial charge in [-0.15, -0.1) is 0 Å². The smallest absolute Gasteiger partial charge is 0.0855 e. The molecule has 2 atom stereocenters. The molecule has 0 aromatic carbocycles. The van der Waals surface area contributed by atoms with Gasteiger partial charge < -0.3 is 9.47 Å². The van der Waals surface area contributed by atoms with Crippen molar-refractivity contribution in [3.05, 3.63) is 0 Å². The zero-order valence-corrected chi connectivity index (χ0v) is 12.2. The maximum Gasteiger partial charge on any atom is 0.0855 e. The molecular weight excluding hydrogens is 303 g/mol. The van der Waals surface area contributed by atoms with Gasteiger partial charge in [-0.1, -0.05) is 41.9 Å². The summed E-state index contributed by atoms with van der Waals surface area (Å²) in [6, 6.07) is 0. The first kappa shape index (κ1) is 13.7. The van der Waals surface area contributed by atoms with E-state index in [0.29, 0.717) is 16.6 Å². The number of alkyl halides is 1. The minimum atomic E-state index is -0.150. The summed E-state index contributed by atoms with van der Waals surface area (Å²) in [5, 5.41) is 0. The molecule has 0 spiro atoms. The van der Waals surface area contributed by atoms with Gasteiger partial charge in [-0.2, -0.15) is 0 Å². The van der Waals surface area contributed by atoms with Gasteiger partial charge in [-0.05, 0) is 26.7 Å². The van der Waals surface area contributed by atoms with Gasteiger partial charge in [0.1, 0.15) is 0 Å². The highest BCUT2D eigenvalue weighted by atomic mass is 127. The molecule has 1 saturated carbocycles. The van der Waals surface area contributed by atoms with Crippen molar-refractivity contribution in [2.75, 3.05) is 13.7 Å². The Morgan fingerprint density at radius 3 is 2.53 bits per heavy atom. The van der Waals surface area contributed by atoms with Crippen LogP contribution in [0, 0.1) is 0 Å². The van der Waals surface area contributed by atoms with E-state index in [-0.39, 0.29) is 5.60 Å². The Morgan fingerprint density at radius 1 is 1.20 bits per heavy atom. The number of methoxy groups -OCH3 is 1. The molecule has 0 aromatic rings. The zero-order valence-electron chi connectivity index (χ0n) is 10.1. The largest absolute Gasteiger partial charge is 0.376 e. The first-order valence-corrected chi connectivity index (χ1v) is 7.10. The van der Waals surface area contributed by atoms with Crippen LogP contribution in [0.1, 0.15) is 46.0 Å². The van der Waals surface area contributed by atoms with Gasteiger partial charge >= 0.3 is 0 Å². The third kappa shape index (κ3) is 5.00. The van der Waals surface area contributed by atoms with Gasteiger partial charge in [0.2, 0.25) is 0 Å². The van der Waals surface area contributed by atoms with Crippen LogP contribution in [0.4, 0.5) is 0 Å². The predicted octanol–water partition coefficient (Wildman–Crippen LogP) is 3.56. The third-order valence-electron chi connectivity index (χ3n) is 3.07. The quantitative estimate of drug-likeness (QED) is 0.447. The molecule has 1 fully saturated rings. The molecule has 0 saturated heterocycles. The SMILES string of the molecule is COC(C)(C)COC1CCCCCC1I. The molecule has 15 heavy (non-hydrogen) atoms. The summed E-state index contributed by atoms with van der Waals surface area (Å²) in [5.41, 5.74) is -0.150. The topological polar surface area (TPSA) is 18.5 Å². The van der Waals surface area contributed by atoms with E-state index in [1.807, 2.05) is 0 Å². The van der Waals surface area contributed by atoms with Gasteiger partial charge in [0.05, 0.1) is 18.3 Å². The molecule has 0 radical (unpaired) electrons. The summed E-state index contributed by atoms with van der Waals surface area (Å²) in [6.07, 6.45) is 7.00. The molecule has 0 aromatic heterocycles. The second-order valence-electron chi connectivity index (χ2n) is 4.97. The summed E-state index contributed by atoms with van der Waals surface area (Å²) in [6.45, 7) is 4.85. The van der Waals surface area contributed by atoms with Crippen molar-refractivity contribution >= 4 is 22.6 Å². The Hall–Kier alpha value is 0.650. The molecule has 2 unspecified atom stereocenters. The van der Waals surface area contributed by atoms with Gasteiger partial charge in [0, 0.05) is 11.0 Å². The molecule has 0 bridgehead atoms. The second kappa shape index (κ2) is 6.40. The average Bonchev–Trinajstić information content (AvgIpc) is 2.40. The van der Waals surface area contributed by atoms with E-state index < -0.39 is 0 Å². The monoisotopic (exact) mass is 326 g/mol. The standard InChI is InChI=1S/C12H23IO2/c1-12(2,14-3)9-15-11-8-6-4-5-7-10(11)13/h10-11H,4-9H2,1-3H3. The van der Waals surface area contributed by atoms with Crippen molar-refractivity contribution < 1.29 is 9.47 Å². The summed E-state index contributed by atoms with van der Waals surface area (Å²) in [5.74, 6) is 0. The van der Waals surface area contributed by atoms with Gasteiger partial charge in [0.15, 0.2) is 0 Å². The first-order chi connectivity index (χ1) is 7.05. The van der Waals surface area contributed by atoms with E-state index in [1.54, 1.807) is 7.11 Å². The number of hydrogen-bond acceptors (Lipinski definition) is 2. The van der Waals surface area contributed by atoms with Crippen LogP contribution in [0.25, 0.3) is 0 Å². The second-order valence-corrected chi connectivity index (χ2v) is 6.57. The van der Waals surface area contributed by atoms with Crippen molar-refractivity contribution in [3.63, 3.8) is 0 Å². The highest BCUT2D eigenvalue weighted by Gasteiger charge is 2.25. The van der Waals surface area contributed by atoms with Crippen molar-refractivity contribution in [3.8, 4) is 0 Å². The van der Waals surface area contributed by atoms with Gasteiger partial charge in [-0.25, -0.2) is 0 Å². The number of ether oxygens (including phenoxy) is 2. The molecule has 1 aliphatic carbocycles. The van der Waals surface area contributed by atoms with Crippen LogP contribution in [0.3, 0.4) is 0 Å². The number of rotatable bonds is 4. The van der Waals surface area contributed by atoms with E-state index >= 15 is 0 Å². The molecule has 0 heterocycles. The Bertz CT molecular complexity index is 182. The minimum absolute atomic E-state index is 0.150. The van der Waals surface area contributed by atoms with Gasteiger partial charge in [-0.3, -0.25) is 0 Å². The normalized spacial score (nSPS) is 28.8. The molecular formula is C12H23IO2. The Balaban J connectivity index is 2.35. The fourth-order valence-electron chi connectivity index (χ4n) is 1.78.